The minimum absolute atomic E-state index is 0.330. The lowest BCUT2D eigenvalue weighted by Gasteiger charge is -2.12. The van der Waals surface area contributed by atoms with Gasteiger partial charge in [0.15, 0.2) is 6.29 Å². The molecule has 74 valence electrons. The Labute approximate surface area is 83.1 Å². The van der Waals surface area contributed by atoms with Crippen LogP contribution in [0.5, 0.6) is 5.75 Å². The van der Waals surface area contributed by atoms with Crippen molar-refractivity contribution in [1.29, 1.82) is 0 Å². The van der Waals surface area contributed by atoms with Crippen LogP contribution in [0.3, 0.4) is 0 Å². The number of pyridine rings is 1. The highest BCUT2D eigenvalue weighted by atomic mass is 16.5. The molecule has 1 aliphatic carbocycles. The zero-order valence-electron chi connectivity index (χ0n) is 7.98. The summed E-state index contributed by atoms with van der Waals surface area (Å²) in [6.07, 6.45) is 7.41. The number of rotatable bonds is 3. The van der Waals surface area contributed by atoms with E-state index in [4.69, 9.17) is 4.74 Å². The van der Waals surface area contributed by atoms with E-state index in [2.05, 4.69) is 4.98 Å². The molecule has 3 nitrogen and oxygen atoms in total. The molecule has 0 aliphatic heterocycles. The van der Waals surface area contributed by atoms with Crippen LogP contribution >= 0.6 is 0 Å². The maximum absolute atomic E-state index is 10.5. The van der Waals surface area contributed by atoms with Crippen LogP contribution in [0.2, 0.25) is 0 Å². The van der Waals surface area contributed by atoms with Gasteiger partial charge in [-0.3, -0.25) is 9.78 Å². The minimum Gasteiger partial charge on any atom is -0.490 e. The van der Waals surface area contributed by atoms with Gasteiger partial charge < -0.3 is 4.74 Å². The fraction of sp³-hybridized carbons (Fsp3) is 0.455. The smallest absolute Gasteiger partial charge is 0.168 e. The summed E-state index contributed by atoms with van der Waals surface area (Å²) in [4.78, 5) is 14.4. The van der Waals surface area contributed by atoms with Crippen LogP contribution < -0.4 is 4.74 Å². The number of nitrogens with zero attached hydrogens (tertiary/aromatic N) is 1. The van der Waals surface area contributed by atoms with Crippen LogP contribution in [0.25, 0.3) is 0 Å². The third-order valence-electron chi connectivity index (χ3n) is 2.48. The maximum atomic E-state index is 10.5. The molecule has 0 spiro atoms. The molecular formula is C11H13NO2. The van der Waals surface area contributed by atoms with Gasteiger partial charge in [-0.2, -0.15) is 0 Å². The molecular weight excluding hydrogens is 178 g/mol. The third kappa shape index (κ3) is 2.10. The largest absolute Gasteiger partial charge is 0.490 e. The van der Waals surface area contributed by atoms with E-state index < -0.39 is 0 Å². The number of hydrogen-bond donors (Lipinski definition) is 0. The fourth-order valence-corrected chi connectivity index (χ4v) is 1.76. The first-order valence-corrected chi connectivity index (χ1v) is 4.96. The maximum Gasteiger partial charge on any atom is 0.168 e. The van der Waals surface area contributed by atoms with E-state index >= 15 is 0 Å². The second-order valence-electron chi connectivity index (χ2n) is 3.56. The fourth-order valence-electron chi connectivity index (χ4n) is 1.76. The molecule has 0 aromatic carbocycles. The van der Waals surface area contributed by atoms with Crippen LogP contribution in [-0.2, 0) is 0 Å². The quantitative estimate of drug-likeness (QED) is 0.687. The van der Waals surface area contributed by atoms with Crippen LogP contribution in [0, 0.1) is 0 Å². The lowest BCUT2D eigenvalue weighted by Crippen LogP contribution is -2.11. The van der Waals surface area contributed by atoms with Gasteiger partial charge in [-0.1, -0.05) is 0 Å². The summed E-state index contributed by atoms with van der Waals surface area (Å²) in [6, 6.07) is 3.48. The van der Waals surface area contributed by atoms with Crippen molar-refractivity contribution in [3.05, 3.63) is 24.0 Å². The lowest BCUT2D eigenvalue weighted by atomic mass is 10.3. The SMILES string of the molecule is O=Cc1cc(OC2CCCC2)ccn1. The second-order valence-corrected chi connectivity index (χ2v) is 3.56. The molecule has 14 heavy (non-hydrogen) atoms. The number of carbonyl (C=O) groups excluding carboxylic acids is 1. The molecule has 3 heteroatoms. The van der Waals surface area contributed by atoms with Crippen molar-refractivity contribution in [2.45, 2.75) is 31.8 Å². The number of aldehydes is 1. The van der Waals surface area contributed by atoms with Gasteiger partial charge in [0.25, 0.3) is 0 Å². The first kappa shape index (κ1) is 9.19. The zero-order valence-corrected chi connectivity index (χ0v) is 7.98. The molecule has 2 rings (SSSR count). The minimum atomic E-state index is 0.330. The molecule has 0 N–H and O–H groups in total. The predicted molar refractivity (Wildman–Crippen MR) is 52.5 cm³/mol. The molecule has 0 amide bonds. The first-order valence-electron chi connectivity index (χ1n) is 4.96. The average molecular weight is 191 g/mol. The Morgan fingerprint density at radius 1 is 1.43 bits per heavy atom. The summed E-state index contributed by atoms with van der Waals surface area (Å²) in [5, 5.41) is 0. The molecule has 1 saturated carbocycles. The van der Waals surface area contributed by atoms with Crippen LogP contribution in [0.4, 0.5) is 0 Å². The topological polar surface area (TPSA) is 39.2 Å². The van der Waals surface area contributed by atoms with E-state index in [1.165, 1.54) is 12.8 Å². The summed E-state index contributed by atoms with van der Waals surface area (Å²) in [6.45, 7) is 0. The first-order chi connectivity index (χ1) is 6.88. The van der Waals surface area contributed by atoms with E-state index in [0.717, 1.165) is 24.9 Å². The molecule has 0 unspecified atom stereocenters. The molecule has 1 aromatic heterocycles. The number of ether oxygens (including phenoxy) is 1. The molecule has 0 atom stereocenters. The van der Waals surface area contributed by atoms with E-state index in [1.807, 2.05) is 0 Å². The van der Waals surface area contributed by atoms with Gasteiger partial charge in [0, 0.05) is 12.3 Å². The van der Waals surface area contributed by atoms with Gasteiger partial charge in [0.05, 0.1) is 6.10 Å². The highest BCUT2D eigenvalue weighted by Crippen LogP contribution is 2.23. The van der Waals surface area contributed by atoms with E-state index in [-0.39, 0.29) is 0 Å². The summed E-state index contributed by atoms with van der Waals surface area (Å²) in [5.41, 5.74) is 0.431. The van der Waals surface area contributed by atoms with Crippen molar-refractivity contribution in [3.8, 4) is 5.75 Å². The highest BCUT2D eigenvalue weighted by molar-refractivity contribution is 5.72. The van der Waals surface area contributed by atoms with Crippen molar-refractivity contribution in [1.82, 2.24) is 4.98 Å². The van der Waals surface area contributed by atoms with Crippen molar-refractivity contribution < 1.29 is 9.53 Å². The van der Waals surface area contributed by atoms with Crippen molar-refractivity contribution in [3.63, 3.8) is 0 Å². The molecule has 1 aromatic rings. The number of hydrogen-bond acceptors (Lipinski definition) is 3. The van der Waals surface area contributed by atoms with Crippen molar-refractivity contribution in [2.75, 3.05) is 0 Å². The lowest BCUT2D eigenvalue weighted by molar-refractivity contribution is 0.111. The van der Waals surface area contributed by atoms with Crippen LogP contribution in [-0.4, -0.2) is 17.4 Å². The van der Waals surface area contributed by atoms with Gasteiger partial charge in [0.1, 0.15) is 11.4 Å². The number of aromatic nitrogens is 1. The molecule has 0 bridgehead atoms. The standard InChI is InChI=1S/C11H13NO2/c13-8-9-7-11(5-6-12-9)14-10-3-1-2-4-10/h5-8,10H,1-4H2. The van der Waals surface area contributed by atoms with Gasteiger partial charge in [-0.25, -0.2) is 0 Å². The Hall–Kier alpha value is -1.38. The van der Waals surface area contributed by atoms with Gasteiger partial charge in [-0.15, -0.1) is 0 Å². The zero-order chi connectivity index (χ0) is 9.80. The van der Waals surface area contributed by atoms with E-state index in [0.29, 0.717) is 11.8 Å². The summed E-state index contributed by atoms with van der Waals surface area (Å²) < 4.78 is 5.72. The highest BCUT2D eigenvalue weighted by Gasteiger charge is 2.16. The van der Waals surface area contributed by atoms with Gasteiger partial charge in [0.2, 0.25) is 0 Å². The summed E-state index contributed by atoms with van der Waals surface area (Å²) in [5.74, 6) is 0.758. The summed E-state index contributed by atoms with van der Waals surface area (Å²) >= 11 is 0. The van der Waals surface area contributed by atoms with Crippen LogP contribution in [0.1, 0.15) is 36.2 Å². The van der Waals surface area contributed by atoms with E-state index in [9.17, 15) is 4.79 Å². The Morgan fingerprint density at radius 3 is 2.93 bits per heavy atom. The van der Waals surface area contributed by atoms with Crippen molar-refractivity contribution >= 4 is 6.29 Å². The summed E-state index contributed by atoms with van der Waals surface area (Å²) in [7, 11) is 0. The molecule has 1 heterocycles. The Kier molecular flexibility index (Phi) is 2.77. The monoisotopic (exact) mass is 191 g/mol. The molecule has 0 saturated heterocycles. The molecule has 1 fully saturated rings. The Morgan fingerprint density at radius 2 is 2.21 bits per heavy atom. The molecule has 0 radical (unpaired) electrons. The average Bonchev–Trinajstić information content (AvgIpc) is 2.71. The van der Waals surface area contributed by atoms with E-state index in [1.54, 1.807) is 18.3 Å². The Bertz CT molecular complexity index is 319. The molecule has 1 aliphatic rings. The van der Waals surface area contributed by atoms with Crippen LogP contribution in [0.15, 0.2) is 18.3 Å². The van der Waals surface area contributed by atoms with Gasteiger partial charge in [-0.05, 0) is 31.7 Å². The third-order valence-corrected chi connectivity index (χ3v) is 2.48. The van der Waals surface area contributed by atoms with Gasteiger partial charge >= 0.3 is 0 Å². The second kappa shape index (κ2) is 4.22. The number of carbonyl (C=O) groups is 1. The Balaban J connectivity index is 2.04. The predicted octanol–water partition coefficient (Wildman–Crippen LogP) is 2.22. The normalized spacial score (nSPS) is 16.9. The van der Waals surface area contributed by atoms with Crippen molar-refractivity contribution in [2.24, 2.45) is 0 Å².